The van der Waals surface area contributed by atoms with Gasteiger partial charge in [-0.1, -0.05) is 24.3 Å². The molecular weight excluding hydrogens is 385 g/mol. The van der Waals surface area contributed by atoms with Gasteiger partial charge < -0.3 is 5.32 Å². The predicted molar refractivity (Wildman–Crippen MR) is 114 cm³/mol. The third-order valence-corrected chi connectivity index (χ3v) is 4.99. The molecule has 4 aromatic rings. The molecule has 152 valence electrons. The third kappa shape index (κ3) is 3.84. The Morgan fingerprint density at radius 1 is 1.10 bits per heavy atom. The lowest BCUT2D eigenvalue weighted by atomic mass is 10.0. The van der Waals surface area contributed by atoms with Gasteiger partial charge in [0.1, 0.15) is 11.2 Å². The lowest BCUT2D eigenvalue weighted by Gasteiger charge is -2.09. The van der Waals surface area contributed by atoms with E-state index in [-0.39, 0.29) is 16.7 Å². The number of aryl methyl sites for hydroxylation is 2. The number of rotatable bonds is 5. The van der Waals surface area contributed by atoms with Crippen LogP contribution in [0.3, 0.4) is 0 Å². The molecule has 0 fully saturated rings. The molecule has 2 aromatic carbocycles. The molecular formula is C22H20FN5O2. The van der Waals surface area contributed by atoms with Crippen LogP contribution >= 0.6 is 0 Å². The fourth-order valence-corrected chi connectivity index (χ4v) is 3.22. The zero-order valence-corrected chi connectivity index (χ0v) is 16.6. The zero-order valence-electron chi connectivity index (χ0n) is 16.6. The van der Waals surface area contributed by atoms with Crippen molar-refractivity contribution in [3.05, 3.63) is 92.0 Å². The number of nitrogens with one attached hydrogen (secondary N) is 2. The molecule has 0 radical (unpaired) electrons. The maximum absolute atomic E-state index is 13.5. The van der Waals surface area contributed by atoms with Crippen LogP contribution in [0, 0.1) is 19.7 Å². The second-order valence-electron chi connectivity index (χ2n) is 7.10. The van der Waals surface area contributed by atoms with E-state index >= 15 is 0 Å². The highest BCUT2D eigenvalue weighted by Gasteiger charge is 2.12. The third-order valence-electron chi connectivity index (χ3n) is 4.99. The van der Waals surface area contributed by atoms with E-state index in [1.54, 1.807) is 0 Å². The molecule has 0 bridgehead atoms. The number of halogens is 1. The van der Waals surface area contributed by atoms with Gasteiger partial charge in [0.15, 0.2) is 5.65 Å². The number of aromatic nitrogens is 4. The minimum Gasteiger partial charge on any atom is -0.354 e. The normalized spacial score (nSPS) is 11.0. The van der Waals surface area contributed by atoms with Crippen molar-refractivity contribution in [2.75, 3.05) is 11.9 Å². The van der Waals surface area contributed by atoms with E-state index in [9.17, 15) is 14.0 Å². The SMILES string of the molecule is Cc1ccc(CCNc2ncc3c(=O)n(-c4cccc(F)c4)c(=O)[nH]c3n2)cc1C. The second kappa shape index (κ2) is 7.90. The molecule has 0 spiro atoms. The summed E-state index contributed by atoms with van der Waals surface area (Å²) in [7, 11) is 0. The highest BCUT2D eigenvalue weighted by Crippen LogP contribution is 2.11. The number of hydrogen-bond donors (Lipinski definition) is 2. The molecule has 0 atom stereocenters. The first kappa shape index (κ1) is 19.5. The molecule has 0 saturated heterocycles. The Hall–Kier alpha value is -3.81. The van der Waals surface area contributed by atoms with Crippen molar-refractivity contribution in [1.29, 1.82) is 0 Å². The molecule has 30 heavy (non-hydrogen) atoms. The van der Waals surface area contributed by atoms with Crippen molar-refractivity contribution in [3.8, 4) is 5.69 Å². The van der Waals surface area contributed by atoms with E-state index in [4.69, 9.17) is 0 Å². The predicted octanol–water partition coefficient (Wildman–Crippen LogP) is 2.88. The van der Waals surface area contributed by atoms with Crippen LogP contribution in [0.25, 0.3) is 16.7 Å². The summed E-state index contributed by atoms with van der Waals surface area (Å²) in [6.45, 7) is 4.74. The molecule has 2 aromatic heterocycles. The zero-order chi connectivity index (χ0) is 21.3. The fourth-order valence-electron chi connectivity index (χ4n) is 3.22. The molecule has 2 heterocycles. The Balaban J connectivity index is 1.59. The summed E-state index contributed by atoms with van der Waals surface area (Å²) in [6, 6.07) is 11.6. The molecule has 7 nitrogen and oxygen atoms in total. The maximum atomic E-state index is 13.5. The van der Waals surface area contributed by atoms with Gasteiger partial charge in [0, 0.05) is 12.7 Å². The number of benzene rings is 2. The quantitative estimate of drug-likeness (QED) is 0.533. The van der Waals surface area contributed by atoms with Gasteiger partial charge in [-0.2, -0.15) is 4.98 Å². The number of anilines is 1. The van der Waals surface area contributed by atoms with E-state index in [0.717, 1.165) is 17.1 Å². The first-order chi connectivity index (χ1) is 14.4. The van der Waals surface area contributed by atoms with Crippen LogP contribution in [0.2, 0.25) is 0 Å². The molecule has 0 amide bonds. The van der Waals surface area contributed by atoms with Gasteiger partial charge in [-0.25, -0.2) is 18.7 Å². The minimum absolute atomic E-state index is 0.126. The van der Waals surface area contributed by atoms with Gasteiger partial charge in [-0.3, -0.25) is 9.78 Å². The highest BCUT2D eigenvalue weighted by atomic mass is 19.1. The van der Waals surface area contributed by atoms with Gasteiger partial charge in [0.2, 0.25) is 5.95 Å². The summed E-state index contributed by atoms with van der Waals surface area (Å²) in [5.41, 5.74) is 2.63. The number of fused-ring (bicyclic) bond motifs is 1. The van der Waals surface area contributed by atoms with Crippen LogP contribution < -0.4 is 16.6 Å². The largest absolute Gasteiger partial charge is 0.354 e. The Morgan fingerprint density at radius 2 is 1.93 bits per heavy atom. The number of hydrogen-bond acceptors (Lipinski definition) is 5. The Morgan fingerprint density at radius 3 is 2.70 bits per heavy atom. The summed E-state index contributed by atoms with van der Waals surface area (Å²) < 4.78 is 14.4. The van der Waals surface area contributed by atoms with Crippen LogP contribution in [-0.4, -0.2) is 26.1 Å². The number of aromatic amines is 1. The molecule has 0 aliphatic carbocycles. The van der Waals surface area contributed by atoms with Gasteiger partial charge in [0.25, 0.3) is 5.56 Å². The Bertz CT molecular complexity index is 1360. The van der Waals surface area contributed by atoms with Gasteiger partial charge in [0.05, 0.1) is 5.69 Å². The number of nitrogens with zero attached hydrogens (tertiary/aromatic N) is 3. The average molecular weight is 405 g/mol. The highest BCUT2D eigenvalue weighted by molar-refractivity contribution is 5.73. The van der Waals surface area contributed by atoms with E-state index in [0.29, 0.717) is 12.5 Å². The summed E-state index contributed by atoms with van der Waals surface area (Å²) in [4.78, 5) is 36.2. The smallest absolute Gasteiger partial charge is 0.334 e. The van der Waals surface area contributed by atoms with E-state index < -0.39 is 17.1 Å². The second-order valence-corrected chi connectivity index (χ2v) is 7.10. The van der Waals surface area contributed by atoms with Crippen molar-refractivity contribution in [2.45, 2.75) is 20.3 Å². The monoisotopic (exact) mass is 405 g/mol. The van der Waals surface area contributed by atoms with Crippen LogP contribution in [0.15, 0.2) is 58.3 Å². The first-order valence-corrected chi connectivity index (χ1v) is 9.50. The Kier molecular flexibility index (Phi) is 5.14. The van der Waals surface area contributed by atoms with Crippen molar-refractivity contribution in [1.82, 2.24) is 19.5 Å². The fraction of sp³-hybridized carbons (Fsp3) is 0.182. The standard InChI is InChI=1S/C22H20FN5O2/c1-13-6-7-15(10-14(13)2)8-9-24-21-25-12-18-19(26-21)27-22(30)28(20(18)29)17-5-3-4-16(23)11-17/h3-7,10-12H,8-9H2,1-2H3,(H2,24,25,26,27,30). The molecule has 0 saturated carbocycles. The number of H-pyrrole nitrogens is 1. The molecule has 0 aliphatic heterocycles. The molecule has 4 rings (SSSR count). The molecule has 2 N–H and O–H groups in total. The van der Waals surface area contributed by atoms with Crippen molar-refractivity contribution in [2.24, 2.45) is 0 Å². The summed E-state index contributed by atoms with van der Waals surface area (Å²) in [5, 5.41) is 3.25. The van der Waals surface area contributed by atoms with Gasteiger partial charge >= 0.3 is 5.69 Å². The minimum atomic E-state index is -0.696. The first-order valence-electron chi connectivity index (χ1n) is 9.50. The van der Waals surface area contributed by atoms with E-state index in [2.05, 4.69) is 52.3 Å². The van der Waals surface area contributed by atoms with Crippen molar-refractivity contribution >= 4 is 17.0 Å². The van der Waals surface area contributed by atoms with Crippen LogP contribution in [-0.2, 0) is 6.42 Å². The van der Waals surface area contributed by atoms with Crippen LogP contribution in [0.1, 0.15) is 16.7 Å². The van der Waals surface area contributed by atoms with Crippen molar-refractivity contribution in [3.63, 3.8) is 0 Å². The Labute approximate surface area is 171 Å². The van der Waals surface area contributed by atoms with Gasteiger partial charge in [-0.15, -0.1) is 0 Å². The summed E-state index contributed by atoms with van der Waals surface area (Å²) in [6.07, 6.45) is 2.13. The molecule has 0 aliphatic rings. The molecule has 8 heteroatoms. The summed E-state index contributed by atoms with van der Waals surface area (Å²) in [5.74, 6) is -0.233. The van der Waals surface area contributed by atoms with Gasteiger partial charge in [-0.05, 0) is 55.2 Å². The lowest BCUT2D eigenvalue weighted by molar-refractivity contribution is 0.626. The topological polar surface area (TPSA) is 92.7 Å². The van der Waals surface area contributed by atoms with E-state index in [1.165, 1.54) is 41.1 Å². The van der Waals surface area contributed by atoms with Crippen molar-refractivity contribution < 1.29 is 4.39 Å². The molecule has 0 unspecified atom stereocenters. The lowest BCUT2D eigenvalue weighted by Crippen LogP contribution is -2.34. The maximum Gasteiger partial charge on any atom is 0.334 e. The van der Waals surface area contributed by atoms with E-state index in [1.807, 2.05) is 0 Å². The average Bonchev–Trinajstić information content (AvgIpc) is 2.70. The van der Waals surface area contributed by atoms with Crippen LogP contribution in [0.4, 0.5) is 10.3 Å². The summed E-state index contributed by atoms with van der Waals surface area (Å²) >= 11 is 0. The van der Waals surface area contributed by atoms with Crippen LogP contribution in [0.5, 0.6) is 0 Å².